The minimum absolute atomic E-state index is 0.316. The van der Waals surface area contributed by atoms with Crippen LogP contribution in [0.4, 0.5) is 5.69 Å². The molecule has 1 aliphatic heterocycles. The normalized spacial score (nSPS) is 19.5. The summed E-state index contributed by atoms with van der Waals surface area (Å²) in [5, 5.41) is 10.9. The topological polar surface area (TPSA) is 23.5 Å². The highest BCUT2D eigenvalue weighted by Crippen LogP contribution is 2.44. The van der Waals surface area contributed by atoms with Gasteiger partial charge in [-0.2, -0.15) is 0 Å². The number of hydrogen-bond donors (Lipinski definition) is 1. The van der Waals surface area contributed by atoms with Crippen LogP contribution in [-0.2, 0) is 0 Å². The van der Waals surface area contributed by atoms with Crippen LogP contribution >= 0.6 is 11.6 Å². The SMILES string of the molecule is CC(C)N1CC(CC(C)(C)O)c2c(Cl)cccc21. The van der Waals surface area contributed by atoms with Gasteiger partial charge in [0.1, 0.15) is 0 Å². The molecule has 2 nitrogen and oxygen atoms in total. The molecule has 1 unspecified atom stereocenters. The summed E-state index contributed by atoms with van der Waals surface area (Å²) in [5.74, 6) is 0.316. The van der Waals surface area contributed by atoms with Gasteiger partial charge < -0.3 is 10.0 Å². The Balaban J connectivity index is 2.38. The fraction of sp³-hybridized carbons (Fsp3) is 0.600. The van der Waals surface area contributed by atoms with Crippen molar-refractivity contribution in [2.45, 2.75) is 51.7 Å². The standard InChI is InChI=1S/C15H22ClNO/c1-10(2)17-9-11(8-15(3,4)18)14-12(16)6-5-7-13(14)17/h5-7,10-11,18H,8-9H2,1-4H3. The Hall–Kier alpha value is -0.730. The summed E-state index contributed by atoms with van der Waals surface area (Å²) in [5.41, 5.74) is 1.77. The molecule has 0 aromatic heterocycles. The fourth-order valence-corrected chi connectivity index (χ4v) is 3.19. The van der Waals surface area contributed by atoms with E-state index in [1.165, 1.54) is 11.3 Å². The molecule has 1 aromatic carbocycles. The maximum atomic E-state index is 10.1. The molecule has 1 aromatic rings. The number of halogens is 1. The molecule has 1 N–H and O–H groups in total. The van der Waals surface area contributed by atoms with Crippen LogP contribution in [0.3, 0.4) is 0 Å². The van der Waals surface area contributed by atoms with Crippen LogP contribution in [0.25, 0.3) is 0 Å². The summed E-state index contributed by atoms with van der Waals surface area (Å²) in [7, 11) is 0. The Morgan fingerprint density at radius 3 is 2.67 bits per heavy atom. The Labute approximate surface area is 115 Å². The first-order valence-corrected chi connectivity index (χ1v) is 6.95. The molecule has 3 heteroatoms. The van der Waals surface area contributed by atoms with Crippen molar-refractivity contribution >= 4 is 17.3 Å². The summed E-state index contributed by atoms with van der Waals surface area (Å²) < 4.78 is 0. The van der Waals surface area contributed by atoms with Gasteiger partial charge in [-0.25, -0.2) is 0 Å². The Morgan fingerprint density at radius 1 is 1.44 bits per heavy atom. The molecule has 0 amide bonds. The van der Waals surface area contributed by atoms with Crippen molar-refractivity contribution in [1.82, 2.24) is 0 Å². The van der Waals surface area contributed by atoms with E-state index < -0.39 is 5.60 Å². The molecule has 0 spiro atoms. The summed E-state index contributed by atoms with van der Waals surface area (Å²) >= 11 is 6.35. The number of anilines is 1. The molecular weight excluding hydrogens is 246 g/mol. The van der Waals surface area contributed by atoms with Crippen LogP contribution in [0.15, 0.2) is 18.2 Å². The number of nitrogens with zero attached hydrogens (tertiary/aromatic N) is 1. The first kappa shape index (κ1) is 13.7. The highest BCUT2D eigenvalue weighted by Gasteiger charge is 2.34. The molecule has 0 radical (unpaired) electrons. The zero-order valence-corrected chi connectivity index (χ0v) is 12.3. The van der Waals surface area contributed by atoms with E-state index in [2.05, 4.69) is 24.8 Å². The smallest absolute Gasteiger partial charge is 0.0598 e. The maximum Gasteiger partial charge on any atom is 0.0598 e. The average molecular weight is 268 g/mol. The van der Waals surface area contributed by atoms with Gasteiger partial charge in [-0.05, 0) is 51.8 Å². The Kier molecular flexibility index (Phi) is 3.61. The molecule has 100 valence electrons. The first-order valence-electron chi connectivity index (χ1n) is 6.57. The molecule has 1 aliphatic rings. The zero-order chi connectivity index (χ0) is 13.5. The Bertz CT molecular complexity index is 437. The van der Waals surface area contributed by atoms with E-state index in [0.717, 1.165) is 18.0 Å². The number of hydrogen-bond acceptors (Lipinski definition) is 2. The number of rotatable bonds is 3. The van der Waals surface area contributed by atoms with E-state index in [9.17, 15) is 5.11 Å². The van der Waals surface area contributed by atoms with Crippen LogP contribution in [0.1, 0.15) is 45.6 Å². The molecule has 0 fully saturated rings. The second-order valence-corrected chi connectivity index (χ2v) is 6.54. The fourth-order valence-electron chi connectivity index (χ4n) is 2.87. The molecule has 0 aliphatic carbocycles. The molecule has 1 heterocycles. The summed E-state index contributed by atoms with van der Waals surface area (Å²) in [6.07, 6.45) is 0.743. The highest BCUT2D eigenvalue weighted by molar-refractivity contribution is 6.32. The Morgan fingerprint density at radius 2 is 2.11 bits per heavy atom. The van der Waals surface area contributed by atoms with Crippen molar-refractivity contribution in [1.29, 1.82) is 0 Å². The van der Waals surface area contributed by atoms with Crippen LogP contribution in [0, 0.1) is 0 Å². The van der Waals surface area contributed by atoms with Gasteiger partial charge in [-0.15, -0.1) is 0 Å². The third kappa shape index (κ3) is 2.65. The van der Waals surface area contributed by atoms with Crippen molar-refractivity contribution in [2.24, 2.45) is 0 Å². The van der Waals surface area contributed by atoms with E-state index in [-0.39, 0.29) is 0 Å². The molecule has 0 saturated heterocycles. The van der Waals surface area contributed by atoms with Gasteiger partial charge >= 0.3 is 0 Å². The monoisotopic (exact) mass is 267 g/mol. The molecule has 0 bridgehead atoms. The summed E-state index contributed by atoms with van der Waals surface area (Å²) in [6, 6.07) is 6.53. The van der Waals surface area contributed by atoms with Crippen LogP contribution in [0.2, 0.25) is 5.02 Å². The minimum atomic E-state index is -0.659. The first-order chi connectivity index (χ1) is 8.29. The lowest BCUT2D eigenvalue weighted by Gasteiger charge is -2.26. The lowest BCUT2D eigenvalue weighted by atomic mass is 9.89. The van der Waals surface area contributed by atoms with E-state index in [4.69, 9.17) is 11.6 Å². The van der Waals surface area contributed by atoms with Gasteiger partial charge in [0, 0.05) is 29.2 Å². The number of benzene rings is 1. The molecule has 1 atom stereocenters. The van der Waals surface area contributed by atoms with Gasteiger partial charge in [0.15, 0.2) is 0 Å². The van der Waals surface area contributed by atoms with E-state index in [0.29, 0.717) is 12.0 Å². The molecule has 18 heavy (non-hydrogen) atoms. The van der Waals surface area contributed by atoms with Crippen molar-refractivity contribution in [3.8, 4) is 0 Å². The lowest BCUT2D eigenvalue weighted by Crippen LogP contribution is -2.31. The molecular formula is C15H22ClNO. The average Bonchev–Trinajstić information content (AvgIpc) is 2.56. The number of aliphatic hydroxyl groups is 1. The van der Waals surface area contributed by atoms with Crippen LogP contribution in [0.5, 0.6) is 0 Å². The van der Waals surface area contributed by atoms with E-state index >= 15 is 0 Å². The third-order valence-electron chi connectivity index (χ3n) is 3.53. The summed E-state index contributed by atoms with van der Waals surface area (Å²) in [6.45, 7) is 9.05. The largest absolute Gasteiger partial charge is 0.390 e. The molecule has 2 rings (SSSR count). The second kappa shape index (κ2) is 4.75. The predicted molar refractivity (Wildman–Crippen MR) is 77.6 cm³/mol. The van der Waals surface area contributed by atoms with E-state index in [1.54, 1.807) is 0 Å². The summed E-state index contributed by atoms with van der Waals surface area (Å²) in [4.78, 5) is 2.37. The van der Waals surface area contributed by atoms with Gasteiger partial charge in [0.05, 0.1) is 5.60 Å². The van der Waals surface area contributed by atoms with Gasteiger partial charge in [-0.3, -0.25) is 0 Å². The maximum absolute atomic E-state index is 10.1. The minimum Gasteiger partial charge on any atom is -0.390 e. The highest BCUT2D eigenvalue weighted by atomic mass is 35.5. The molecule has 0 saturated carbocycles. The quantitative estimate of drug-likeness (QED) is 0.900. The lowest BCUT2D eigenvalue weighted by molar-refractivity contribution is 0.0643. The van der Waals surface area contributed by atoms with Crippen LogP contribution in [-0.4, -0.2) is 23.3 Å². The zero-order valence-electron chi connectivity index (χ0n) is 11.6. The predicted octanol–water partition coefficient (Wildman–Crippen LogP) is 3.81. The van der Waals surface area contributed by atoms with Crippen molar-refractivity contribution < 1.29 is 5.11 Å². The second-order valence-electron chi connectivity index (χ2n) is 6.13. The van der Waals surface area contributed by atoms with Crippen molar-refractivity contribution in [2.75, 3.05) is 11.4 Å². The van der Waals surface area contributed by atoms with Gasteiger partial charge in [-0.1, -0.05) is 17.7 Å². The van der Waals surface area contributed by atoms with Crippen molar-refractivity contribution in [3.63, 3.8) is 0 Å². The van der Waals surface area contributed by atoms with E-state index in [1.807, 2.05) is 26.0 Å². The van der Waals surface area contributed by atoms with Gasteiger partial charge in [0.25, 0.3) is 0 Å². The van der Waals surface area contributed by atoms with Crippen LogP contribution < -0.4 is 4.90 Å². The van der Waals surface area contributed by atoms with Crippen molar-refractivity contribution in [3.05, 3.63) is 28.8 Å². The van der Waals surface area contributed by atoms with Gasteiger partial charge in [0.2, 0.25) is 0 Å². The number of fused-ring (bicyclic) bond motifs is 1. The third-order valence-corrected chi connectivity index (χ3v) is 3.86.